The molecule has 24 heavy (non-hydrogen) atoms. The zero-order chi connectivity index (χ0) is 16.5. The van der Waals surface area contributed by atoms with Crippen molar-refractivity contribution in [1.82, 2.24) is 19.4 Å². The first-order chi connectivity index (χ1) is 11.7. The summed E-state index contributed by atoms with van der Waals surface area (Å²) in [5, 5.41) is 9.53. The molecular formula is C18H14ClN5. The van der Waals surface area contributed by atoms with E-state index < -0.39 is 0 Å². The summed E-state index contributed by atoms with van der Waals surface area (Å²) in [5.74, 6) is 0. The summed E-state index contributed by atoms with van der Waals surface area (Å²) >= 11 is 6.51. The first kappa shape index (κ1) is 14.7. The van der Waals surface area contributed by atoms with Gasteiger partial charge < -0.3 is 0 Å². The molecule has 0 atom stereocenters. The molecule has 0 aliphatic heterocycles. The molecule has 0 aliphatic rings. The van der Waals surface area contributed by atoms with Crippen LogP contribution >= 0.6 is 11.6 Å². The molecular weight excluding hydrogens is 322 g/mol. The van der Waals surface area contributed by atoms with Crippen molar-refractivity contribution in [3.05, 3.63) is 77.3 Å². The number of hydrogen-bond acceptors (Lipinski definition) is 3. The zero-order valence-corrected chi connectivity index (χ0v) is 13.7. The van der Waals surface area contributed by atoms with Crippen molar-refractivity contribution < 1.29 is 0 Å². The average molecular weight is 336 g/mol. The first-order valence-corrected chi connectivity index (χ1v) is 7.89. The summed E-state index contributed by atoms with van der Waals surface area (Å²) in [6.45, 7) is 1.92. The van der Waals surface area contributed by atoms with Crippen LogP contribution in [0.2, 0.25) is 5.15 Å². The molecule has 0 saturated carbocycles. The Kier molecular flexibility index (Phi) is 3.63. The molecule has 2 aromatic heterocycles. The predicted molar refractivity (Wildman–Crippen MR) is 96.0 cm³/mol. The Morgan fingerprint density at radius 2 is 1.79 bits per heavy atom. The van der Waals surface area contributed by atoms with Gasteiger partial charge in [-0.05, 0) is 31.2 Å². The minimum absolute atomic E-state index is 0.534. The summed E-state index contributed by atoms with van der Waals surface area (Å²) in [7, 11) is 0. The van der Waals surface area contributed by atoms with Crippen LogP contribution < -0.4 is 0 Å². The van der Waals surface area contributed by atoms with Gasteiger partial charge in [-0.2, -0.15) is 10.2 Å². The van der Waals surface area contributed by atoms with Crippen molar-refractivity contribution in [3.8, 4) is 5.69 Å². The number of rotatable bonds is 3. The molecule has 2 heterocycles. The largest absolute Gasteiger partial charge is 0.235 e. The monoisotopic (exact) mass is 335 g/mol. The van der Waals surface area contributed by atoms with Gasteiger partial charge in [-0.1, -0.05) is 41.9 Å². The Bertz CT molecular complexity index is 1030. The van der Waals surface area contributed by atoms with Crippen LogP contribution in [0.3, 0.4) is 0 Å². The Morgan fingerprint density at radius 3 is 2.62 bits per heavy atom. The number of benzene rings is 2. The molecule has 0 amide bonds. The molecule has 0 unspecified atom stereocenters. The maximum Gasteiger partial charge on any atom is 0.142 e. The van der Waals surface area contributed by atoms with E-state index in [1.165, 1.54) is 0 Å². The second-order valence-electron chi connectivity index (χ2n) is 5.36. The van der Waals surface area contributed by atoms with Gasteiger partial charge in [0, 0.05) is 0 Å². The number of aromatic nitrogens is 4. The van der Waals surface area contributed by atoms with E-state index in [2.05, 4.69) is 15.2 Å². The lowest BCUT2D eigenvalue weighted by atomic mass is 10.3. The minimum Gasteiger partial charge on any atom is -0.235 e. The third-order valence-electron chi connectivity index (χ3n) is 3.79. The van der Waals surface area contributed by atoms with Gasteiger partial charge in [0.15, 0.2) is 0 Å². The second kappa shape index (κ2) is 5.94. The molecule has 0 radical (unpaired) electrons. The Morgan fingerprint density at radius 1 is 1.04 bits per heavy atom. The Balaban J connectivity index is 1.74. The van der Waals surface area contributed by atoms with E-state index in [1.807, 2.05) is 61.5 Å². The number of aryl methyl sites for hydroxylation is 1. The highest BCUT2D eigenvalue weighted by Gasteiger charge is 2.13. The van der Waals surface area contributed by atoms with Gasteiger partial charge in [0.05, 0.1) is 34.2 Å². The maximum absolute atomic E-state index is 6.51. The van der Waals surface area contributed by atoms with Crippen molar-refractivity contribution in [3.63, 3.8) is 0 Å². The number of fused-ring (bicyclic) bond motifs is 1. The van der Waals surface area contributed by atoms with E-state index in [1.54, 1.807) is 21.9 Å². The molecule has 2 aromatic carbocycles. The van der Waals surface area contributed by atoms with Gasteiger partial charge in [0.1, 0.15) is 11.5 Å². The lowest BCUT2D eigenvalue weighted by Crippen LogP contribution is -1.96. The molecule has 0 spiro atoms. The number of para-hydroxylation sites is 3. The van der Waals surface area contributed by atoms with Crippen molar-refractivity contribution in [2.45, 2.75) is 6.92 Å². The fraction of sp³-hybridized carbons (Fsp3) is 0.0556. The third kappa shape index (κ3) is 2.49. The van der Waals surface area contributed by atoms with Crippen molar-refractivity contribution >= 4 is 28.8 Å². The quantitative estimate of drug-likeness (QED) is 0.530. The van der Waals surface area contributed by atoms with Gasteiger partial charge in [-0.15, -0.1) is 0 Å². The summed E-state index contributed by atoms with van der Waals surface area (Å²) in [6.07, 6.45) is 3.41. The normalized spacial score (nSPS) is 11.6. The number of nitrogens with zero attached hydrogens (tertiary/aromatic N) is 5. The Hall–Kier alpha value is -2.92. The average Bonchev–Trinajstić information content (AvgIpc) is 3.15. The fourth-order valence-electron chi connectivity index (χ4n) is 2.56. The van der Waals surface area contributed by atoms with Crippen molar-refractivity contribution in [1.29, 1.82) is 0 Å². The standard InChI is InChI=1S/C18H14ClN5/c1-13-15(18(19)24(22-13)14-7-3-2-4-8-14)11-21-23-12-20-16-9-5-6-10-17(16)23/h2-12H,1H3/b21-11-. The number of halogens is 1. The van der Waals surface area contributed by atoms with Crippen LogP contribution in [0.5, 0.6) is 0 Å². The van der Waals surface area contributed by atoms with Crippen LogP contribution in [0.4, 0.5) is 0 Å². The molecule has 0 bridgehead atoms. The SMILES string of the molecule is Cc1nn(-c2ccccc2)c(Cl)c1/C=N\n1cnc2ccccc21. The smallest absolute Gasteiger partial charge is 0.142 e. The number of imidazole rings is 1. The highest BCUT2D eigenvalue weighted by molar-refractivity contribution is 6.32. The summed E-state index contributed by atoms with van der Waals surface area (Å²) in [4.78, 5) is 4.32. The van der Waals surface area contributed by atoms with E-state index in [4.69, 9.17) is 11.6 Å². The maximum atomic E-state index is 6.51. The lowest BCUT2D eigenvalue weighted by molar-refractivity contribution is 0.863. The highest BCUT2D eigenvalue weighted by Crippen LogP contribution is 2.22. The molecule has 118 valence electrons. The molecule has 0 N–H and O–H groups in total. The van der Waals surface area contributed by atoms with Crippen molar-refractivity contribution in [2.75, 3.05) is 0 Å². The Labute approximate surface area is 143 Å². The van der Waals surface area contributed by atoms with Gasteiger partial charge in [-0.3, -0.25) is 0 Å². The zero-order valence-electron chi connectivity index (χ0n) is 13.0. The van der Waals surface area contributed by atoms with Crippen LogP contribution in [0.1, 0.15) is 11.3 Å². The first-order valence-electron chi connectivity index (χ1n) is 7.51. The molecule has 0 saturated heterocycles. The van der Waals surface area contributed by atoms with Crippen LogP contribution in [-0.2, 0) is 0 Å². The van der Waals surface area contributed by atoms with E-state index in [0.717, 1.165) is 28.0 Å². The molecule has 5 nitrogen and oxygen atoms in total. The van der Waals surface area contributed by atoms with E-state index in [-0.39, 0.29) is 0 Å². The fourth-order valence-corrected chi connectivity index (χ4v) is 2.88. The lowest BCUT2D eigenvalue weighted by Gasteiger charge is -2.01. The molecule has 4 rings (SSSR count). The molecule has 4 aromatic rings. The van der Waals surface area contributed by atoms with E-state index in [9.17, 15) is 0 Å². The predicted octanol–water partition coefficient (Wildman–Crippen LogP) is 4.07. The van der Waals surface area contributed by atoms with Crippen LogP contribution in [0, 0.1) is 6.92 Å². The molecule has 0 fully saturated rings. The third-order valence-corrected chi connectivity index (χ3v) is 4.16. The summed E-state index contributed by atoms with van der Waals surface area (Å²) < 4.78 is 3.44. The van der Waals surface area contributed by atoms with Gasteiger partial charge in [-0.25, -0.2) is 14.3 Å². The van der Waals surface area contributed by atoms with Crippen molar-refractivity contribution in [2.24, 2.45) is 5.10 Å². The van der Waals surface area contributed by atoms with Gasteiger partial charge in [0.25, 0.3) is 0 Å². The molecule has 0 aliphatic carbocycles. The highest BCUT2D eigenvalue weighted by atomic mass is 35.5. The number of hydrogen-bond donors (Lipinski definition) is 0. The van der Waals surface area contributed by atoms with Gasteiger partial charge >= 0.3 is 0 Å². The topological polar surface area (TPSA) is 48.0 Å². The van der Waals surface area contributed by atoms with Crippen LogP contribution in [0.15, 0.2) is 66.0 Å². The summed E-state index contributed by atoms with van der Waals surface area (Å²) in [5.41, 5.74) is 4.36. The summed E-state index contributed by atoms with van der Waals surface area (Å²) in [6, 6.07) is 17.6. The van der Waals surface area contributed by atoms with Crippen LogP contribution in [-0.4, -0.2) is 25.7 Å². The van der Waals surface area contributed by atoms with E-state index in [0.29, 0.717) is 5.15 Å². The molecule has 6 heteroatoms. The minimum atomic E-state index is 0.534. The van der Waals surface area contributed by atoms with Crippen LogP contribution in [0.25, 0.3) is 16.7 Å². The second-order valence-corrected chi connectivity index (χ2v) is 5.72. The van der Waals surface area contributed by atoms with Gasteiger partial charge in [0.2, 0.25) is 0 Å². The van der Waals surface area contributed by atoms with E-state index >= 15 is 0 Å².